The van der Waals surface area contributed by atoms with Crippen LogP contribution in [0.1, 0.15) is 6.92 Å². The largest absolute Gasteiger partial charge is 0.481 e. The molecule has 5 atom stereocenters. The fraction of sp³-hybridized carbons (Fsp3) is 0.714. The Kier molecular flexibility index (Phi) is 10.6. The summed E-state index contributed by atoms with van der Waals surface area (Å²) in [5, 5.41) is 33.5. The van der Waals surface area contributed by atoms with Crippen molar-refractivity contribution >= 4 is 27.9 Å². The second-order valence-corrected chi connectivity index (χ2v) is 6.70. The lowest BCUT2D eigenvalue weighted by molar-refractivity contribution is -0.131. The molecule has 0 rings (SSSR count). The Balaban J connectivity index is 0. The van der Waals surface area contributed by atoms with E-state index in [0.29, 0.717) is 0 Å². The molecule has 1 unspecified atom stereocenters. The van der Waals surface area contributed by atoms with Gasteiger partial charge in [0.05, 0.1) is 6.10 Å². The van der Waals surface area contributed by atoms with Gasteiger partial charge in [-0.3, -0.25) is 9.93 Å². The molecule has 138 valence electrons. The first-order valence-corrected chi connectivity index (χ1v) is 8.52. The van der Waals surface area contributed by atoms with Gasteiger partial charge in [0.1, 0.15) is 18.3 Å². The third-order valence-electron chi connectivity index (χ3n) is 1.83. The number of hydrogen-bond acceptors (Lipinski definition) is 9. The van der Waals surface area contributed by atoms with E-state index in [1.165, 1.54) is 0 Å². The van der Waals surface area contributed by atoms with Gasteiger partial charge in [-0.2, -0.15) is 4.31 Å². The maximum Gasteiger partial charge on any atom is 0.481 e. The summed E-state index contributed by atoms with van der Waals surface area (Å²) in [5.41, 5.74) is 8.94. The van der Waals surface area contributed by atoms with Gasteiger partial charge in [-0.25, -0.2) is 9.13 Å². The van der Waals surface area contributed by atoms with Crippen LogP contribution >= 0.6 is 15.6 Å². The average molecular weight is 383 g/mol. The van der Waals surface area contributed by atoms with E-state index in [4.69, 9.17) is 25.2 Å². The number of aliphatic hydroxyl groups is 3. The Morgan fingerprint density at radius 3 is 1.83 bits per heavy atom. The van der Waals surface area contributed by atoms with E-state index < -0.39 is 40.1 Å². The van der Waals surface area contributed by atoms with Crippen molar-refractivity contribution in [3.63, 3.8) is 0 Å². The zero-order valence-corrected chi connectivity index (χ0v) is 13.4. The van der Waals surface area contributed by atoms with Crippen molar-refractivity contribution in [2.75, 3.05) is 0 Å². The van der Waals surface area contributed by atoms with E-state index in [1.807, 2.05) is 0 Å². The summed E-state index contributed by atoms with van der Waals surface area (Å²) >= 11 is 0. The smallest absolute Gasteiger partial charge is 0.388 e. The molecule has 0 bridgehead atoms. The van der Waals surface area contributed by atoms with E-state index in [1.54, 1.807) is 0 Å². The monoisotopic (exact) mass is 383 g/mol. The lowest BCUT2D eigenvalue weighted by Gasteiger charge is -2.26. The molecular weight excluding hydrogens is 364 g/mol. The fourth-order valence-electron chi connectivity index (χ4n) is 0.986. The molecule has 0 amide bonds. The molecule has 0 aromatic carbocycles. The highest BCUT2D eigenvalue weighted by Crippen LogP contribution is 2.58. The molecule has 11 N–H and O–H groups in total. The standard InChI is InChI=1S/C6H14O11P2.CH5N3/c1-3(5(9)6(10)4(8)2-7)16-19(14,15)17-18(11,12)13;2-1(3)4/h2-6,8-10H,1H3,(H,14,15)(H2,11,12,13);(H5,2,3,4)/t3-,4+,5+,6-;/m1./s1. The van der Waals surface area contributed by atoms with Gasteiger partial charge in [-0.1, -0.05) is 0 Å². The van der Waals surface area contributed by atoms with Crippen LogP contribution in [-0.2, 0) is 22.8 Å². The first-order chi connectivity index (χ1) is 10.1. The summed E-state index contributed by atoms with van der Waals surface area (Å²) in [6.45, 7) is 0.942. The van der Waals surface area contributed by atoms with Gasteiger partial charge in [0.15, 0.2) is 12.2 Å². The molecule has 0 aliphatic rings. The molecular formula is C7H19N3O11P2. The Hall–Kier alpha value is -0.920. The van der Waals surface area contributed by atoms with Gasteiger partial charge in [0.25, 0.3) is 0 Å². The summed E-state index contributed by atoms with van der Waals surface area (Å²) in [5.74, 6) is -0.333. The lowest BCUT2D eigenvalue weighted by Crippen LogP contribution is -2.44. The number of aldehydes is 1. The van der Waals surface area contributed by atoms with Crippen LogP contribution in [0.3, 0.4) is 0 Å². The van der Waals surface area contributed by atoms with Crippen molar-refractivity contribution in [3.8, 4) is 0 Å². The van der Waals surface area contributed by atoms with E-state index in [0.717, 1.165) is 6.92 Å². The molecule has 23 heavy (non-hydrogen) atoms. The topological polar surface area (TPSA) is 267 Å². The number of guanidine groups is 1. The second kappa shape index (κ2) is 10.1. The van der Waals surface area contributed by atoms with E-state index in [2.05, 4.69) is 20.3 Å². The Morgan fingerprint density at radius 2 is 1.52 bits per heavy atom. The van der Waals surface area contributed by atoms with Gasteiger partial charge < -0.3 is 46.3 Å². The number of phosphoric ester groups is 1. The predicted octanol–water partition coefficient (Wildman–Crippen LogP) is -3.28. The summed E-state index contributed by atoms with van der Waals surface area (Å²) in [6, 6.07) is 0. The van der Waals surface area contributed by atoms with Gasteiger partial charge in [-0.05, 0) is 6.92 Å². The number of rotatable bonds is 8. The van der Waals surface area contributed by atoms with Crippen LogP contribution in [0.2, 0.25) is 0 Å². The fourth-order valence-corrected chi connectivity index (χ4v) is 2.76. The number of phosphoric acid groups is 2. The van der Waals surface area contributed by atoms with Crippen LogP contribution < -0.4 is 11.5 Å². The van der Waals surface area contributed by atoms with Gasteiger partial charge in [0.2, 0.25) is 0 Å². The van der Waals surface area contributed by atoms with E-state index >= 15 is 0 Å². The molecule has 0 aromatic rings. The summed E-state index contributed by atoms with van der Waals surface area (Å²) < 4.78 is 29.0. The zero-order chi connectivity index (χ0) is 19.0. The van der Waals surface area contributed by atoms with Gasteiger partial charge in [-0.15, -0.1) is 0 Å². The third kappa shape index (κ3) is 13.2. The molecule has 0 saturated heterocycles. The minimum atomic E-state index is -5.31. The first kappa shape index (κ1) is 24.3. The van der Waals surface area contributed by atoms with Crippen LogP contribution in [-0.4, -0.2) is 66.7 Å². The highest BCUT2D eigenvalue weighted by Gasteiger charge is 2.38. The maximum absolute atomic E-state index is 11.1. The number of carbonyl (C=O) groups is 1. The highest BCUT2D eigenvalue weighted by atomic mass is 31.3. The first-order valence-electron chi connectivity index (χ1n) is 5.50. The summed E-state index contributed by atoms with van der Waals surface area (Å²) in [4.78, 5) is 35.7. The highest BCUT2D eigenvalue weighted by molar-refractivity contribution is 7.60. The number of carbonyl (C=O) groups excluding carboxylic acids is 1. The minimum absolute atomic E-state index is 0.0920. The molecule has 0 spiro atoms. The third-order valence-corrected chi connectivity index (χ3v) is 4.10. The van der Waals surface area contributed by atoms with Crippen LogP contribution in [0.4, 0.5) is 0 Å². The zero-order valence-electron chi connectivity index (χ0n) is 11.7. The summed E-state index contributed by atoms with van der Waals surface area (Å²) in [7, 11) is -10.5. The van der Waals surface area contributed by atoms with Crippen LogP contribution in [0.5, 0.6) is 0 Å². The van der Waals surface area contributed by atoms with Crippen molar-refractivity contribution < 1.29 is 52.8 Å². The number of aliphatic hydroxyl groups excluding tert-OH is 3. The molecule has 0 saturated carbocycles. The molecule has 14 nitrogen and oxygen atoms in total. The average Bonchev–Trinajstić information content (AvgIpc) is 2.31. The van der Waals surface area contributed by atoms with Gasteiger partial charge >= 0.3 is 15.6 Å². The van der Waals surface area contributed by atoms with Crippen molar-refractivity contribution in [2.24, 2.45) is 11.5 Å². The van der Waals surface area contributed by atoms with Crippen LogP contribution in [0, 0.1) is 5.41 Å². The molecule has 0 heterocycles. The molecule has 0 aliphatic carbocycles. The SMILES string of the molecule is C[C@@H](OP(=O)(O)OP(=O)(O)O)[C@H](O)[C@H](O)[C@@H](O)C=O.N=C(N)N. The molecule has 0 fully saturated rings. The van der Waals surface area contributed by atoms with Crippen LogP contribution in [0.25, 0.3) is 0 Å². The molecule has 0 aliphatic heterocycles. The van der Waals surface area contributed by atoms with Crippen molar-refractivity contribution in [1.82, 2.24) is 0 Å². The molecule has 0 aromatic heterocycles. The number of nitrogens with one attached hydrogen (secondary N) is 1. The lowest BCUT2D eigenvalue weighted by atomic mass is 10.1. The van der Waals surface area contributed by atoms with Crippen molar-refractivity contribution in [3.05, 3.63) is 0 Å². The summed E-state index contributed by atoms with van der Waals surface area (Å²) in [6.07, 6.45) is -7.75. The Bertz CT molecular complexity index is 478. The minimum Gasteiger partial charge on any atom is -0.388 e. The second-order valence-electron chi connectivity index (χ2n) is 3.91. The Labute approximate surface area is 130 Å². The number of nitrogens with two attached hydrogens (primary N) is 2. The van der Waals surface area contributed by atoms with E-state index in [-0.39, 0.29) is 12.2 Å². The number of hydrogen-bond donors (Lipinski definition) is 9. The molecule has 16 heteroatoms. The maximum atomic E-state index is 11.1. The van der Waals surface area contributed by atoms with Gasteiger partial charge in [0, 0.05) is 0 Å². The predicted molar refractivity (Wildman–Crippen MR) is 73.7 cm³/mol. The van der Waals surface area contributed by atoms with Crippen molar-refractivity contribution in [2.45, 2.75) is 31.3 Å². The Morgan fingerprint density at radius 1 is 1.13 bits per heavy atom. The quantitative estimate of drug-likeness (QED) is 0.0862. The normalized spacial score (nSPS) is 19.3. The van der Waals surface area contributed by atoms with Crippen molar-refractivity contribution in [1.29, 1.82) is 5.41 Å². The van der Waals surface area contributed by atoms with Crippen LogP contribution in [0.15, 0.2) is 0 Å². The van der Waals surface area contributed by atoms with E-state index in [9.17, 15) is 24.1 Å². The molecule has 0 radical (unpaired) electrons.